The molecule has 0 bridgehead atoms. The van der Waals surface area contributed by atoms with Gasteiger partial charge < -0.3 is 15.4 Å². The zero-order valence-electron chi connectivity index (χ0n) is 11.6. The molecule has 0 aromatic heterocycles. The topological polar surface area (TPSA) is 55.6 Å². The minimum atomic E-state index is -0.144. The number of hydrogen-bond donors (Lipinski definition) is 1. The predicted molar refractivity (Wildman–Crippen MR) is 78.5 cm³/mol. The van der Waals surface area contributed by atoms with Crippen LogP contribution in [0.3, 0.4) is 0 Å². The van der Waals surface area contributed by atoms with Crippen molar-refractivity contribution in [2.24, 2.45) is 0 Å². The van der Waals surface area contributed by atoms with Gasteiger partial charge in [0, 0.05) is 25.4 Å². The third kappa shape index (κ3) is 3.85. The summed E-state index contributed by atoms with van der Waals surface area (Å²) in [5.74, 6) is -0.144. The Morgan fingerprint density at radius 2 is 2.21 bits per heavy atom. The van der Waals surface area contributed by atoms with Crippen LogP contribution < -0.4 is 5.73 Å². The highest BCUT2D eigenvalue weighted by Crippen LogP contribution is 2.24. The third-order valence-corrected chi connectivity index (χ3v) is 3.49. The Bertz CT molecular complexity index is 417. The van der Waals surface area contributed by atoms with Crippen LogP contribution in [0, 0.1) is 0 Å². The minimum absolute atomic E-state index is 0.110. The van der Waals surface area contributed by atoms with Crippen molar-refractivity contribution in [3.8, 4) is 0 Å². The van der Waals surface area contributed by atoms with Gasteiger partial charge >= 0.3 is 0 Å². The lowest BCUT2D eigenvalue weighted by atomic mass is 10.1. The summed E-state index contributed by atoms with van der Waals surface area (Å²) in [6.07, 6.45) is 0.861. The van der Waals surface area contributed by atoms with Crippen LogP contribution in [0.25, 0.3) is 0 Å². The molecule has 4 nitrogen and oxygen atoms in total. The highest BCUT2D eigenvalue weighted by Gasteiger charge is 2.23. The van der Waals surface area contributed by atoms with Crippen molar-refractivity contribution in [3.63, 3.8) is 0 Å². The summed E-state index contributed by atoms with van der Waals surface area (Å²) in [5, 5.41) is 0.385. The summed E-state index contributed by atoms with van der Waals surface area (Å²) in [4.78, 5) is 14.3. The van der Waals surface area contributed by atoms with E-state index in [1.807, 2.05) is 13.8 Å². The first-order valence-electron chi connectivity index (χ1n) is 6.36. The lowest BCUT2D eigenvalue weighted by Crippen LogP contribution is -2.40. The number of nitrogens with two attached hydrogens (primary N) is 1. The number of amides is 1. The number of carbonyl (C=O) groups is 1. The molecule has 1 atom stereocenters. The van der Waals surface area contributed by atoms with Gasteiger partial charge in [0.05, 0.1) is 17.2 Å². The number of ether oxygens (including phenoxy) is 1. The van der Waals surface area contributed by atoms with Gasteiger partial charge in [0.15, 0.2) is 0 Å². The molecule has 0 spiro atoms. The first kappa shape index (κ1) is 15.8. The second kappa shape index (κ2) is 7.36. The van der Waals surface area contributed by atoms with Gasteiger partial charge in [0.2, 0.25) is 0 Å². The maximum atomic E-state index is 12.6. The number of anilines is 1. The lowest BCUT2D eigenvalue weighted by molar-refractivity contribution is 0.0615. The fourth-order valence-corrected chi connectivity index (χ4v) is 2.10. The van der Waals surface area contributed by atoms with Crippen LogP contribution in [0.15, 0.2) is 18.2 Å². The van der Waals surface area contributed by atoms with Crippen molar-refractivity contribution in [3.05, 3.63) is 28.8 Å². The number of benzene rings is 1. The molecule has 5 heteroatoms. The zero-order valence-corrected chi connectivity index (χ0v) is 12.4. The van der Waals surface area contributed by atoms with Crippen molar-refractivity contribution >= 4 is 23.2 Å². The van der Waals surface area contributed by atoms with Crippen LogP contribution in [0.1, 0.15) is 30.6 Å². The van der Waals surface area contributed by atoms with E-state index in [0.717, 1.165) is 6.42 Å². The molecule has 0 aliphatic heterocycles. The van der Waals surface area contributed by atoms with E-state index >= 15 is 0 Å². The molecule has 0 heterocycles. The Labute approximate surface area is 119 Å². The summed E-state index contributed by atoms with van der Waals surface area (Å²) >= 11 is 6.09. The van der Waals surface area contributed by atoms with Crippen LogP contribution in [0.5, 0.6) is 0 Å². The highest BCUT2D eigenvalue weighted by atomic mass is 35.5. The standard InChI is InChI=1S/C14H21ClN2O2/c1-4-10(2)17(8-9-19-3)14(18)13-11(15)6-5-7-12(13)16/h5-7,10H,4,8-9,16H2,1-3H3. The number of carbonyl (C=O) groups excluding carboxylic acids is 1. The van der Waals surface area contributed by atoms with Gasteiger partial charge in [-0.15, -0.1) is 0 Å². The molecular weight excluding hydrogens is 264 g/mol. The minimum Gasteiger partial charge on any atom is -0.398 e. The SMILES string of the molecule is CCC(C)N(CCOC)C(=O)c1c(N)cccc1Cl. The van der Waals surface area contributed by atoms with Crippen LogP contribution in [0.4, 0.5) is 5.69 Å². The van der Waals surface area contributed by atoms with Gasteiger partial charge in [-0.2, -0.15) is 0 Å². The normalized spacial score (nSPS) is 12.2. The van der Waals surface area contributed by atoms with Crippen molar-refractivity contribution < 1.29 is 9.53 Å². The van der Waals surface area contributed by atoms with Crippen molar-refractivity contribution in [2.45, 2.75) is 26.3 Å². The molecule has 0 aliphatic carbocycles. The van der Waals surface area contributed by atoms with Gasteiger partial charge in [-0.1, -0.05) is 24.6 Å². The maximum absolute atomic E-state index is 12.6. The molecule has 1 rings (SSSR count). The van der Waals surface area contributed by atoms with Gasteiger partial charge in [0.25, 0.3) is 5.91 Å². The first-order chi connectivity index (χ1) is 9.02. The molecule has 0 saturated carbocycles. The first-order valence-corrected chi connectivity index (χ1v) is 6.74. The van der Waals surface area contributed by atoms with Crippen LogP contribution in [-0.2, 0) is 4.74 Å². The van der Waals surface area contributed by atoms with Crippen LogP contribution >= 0.6 is 11.6 Å². The van der Waals surface area contributed by atoms with E-state index in [9.17, 15) is 4.79 Å². The summed E-state index contributed by atoms with van der Waals surface area (Å²) in [5.41, 5.74) is 6.65. The van der Waals surface area contributed by atoms with E-state index in [2.05, 4.69) is 0 Å². The van der Waals surface area contributed by atoms with Crippen molar-refractivity contribution in [1.82, 2.24) is 4.90 Å². The zero-order chi connectivity index (χ0) is 14.4. The van der Waals surface area contributed by atoms with E-state index < -0.39 is 0 Å². The molecule has 2 N–H and O–H groups in total. The molecule has 19 heavy (non-hydrogen) atoms. The second-order valence-corrected chi connectivity index (χ2v) is 4.86. The Morgan fingerprint density at radius 3 is 2.74 bits per heavy atom. The largest absolute Gasteiger partial charge is 0.398 e. The summed E-state index contributed by atoms with van der Waals surface area (Å²) in [6.45, 7) is 5.05. The van der Waals surface area contributed by atoms with Gasteiger partial charge in [0.1, 0.15) is 0 Å². The Balaban J connectivity index is 3.05. The molecule has 0 saturated heterocycles. The van der Waals surface area contributed by atoms with Crippen molar-refractivity contribution in [2.75, 3.05) is 26.0 Å². The summed E-state index contributed by atoms with van der Waals surface area (Å²) in [7, 11) is 1.61. The average molecular weight is 285 g/mol. The van der Waals surface area contributed by atoms with Crippen LogP contribution in [0.2, 0.25) is 5.02 Å². The monoisotopic (exact) mass is 284 g/mol. The molecule has 106 valence electrons. The van der Waals surface area contributed by atoms with E-state index in [-0.39, 0.29) is 11.9 Å². The van der Waals surface area contributed by atoms with E-state index in [4.69, 9.17) is 22.1 Å². The fraction of sp³-hybridized carbons (Fsp3) is 0.500. The predicted octanol–water partition coefficient (Wildman–Crippen LogP) is 2.81. The molecule has 0 fully saturated rings. The molecule has 1 aromatic rings. The highest BCUT2D eigenvalue weighted by molar-refractivity contribution is 6.34. The van der Waals surface area contributed by atoms with Gasteiger partial charge in [-0.05, 0) is 25.5 Å². The smallest absolute Gasteiger partial charge is 0.257 e. The molecule has 1 aromatic carbocycles. The van der Waals surface area contributed by atoms with E-state index in [1.54, 1.807) is 30.2 Å². The third-order valence-electron chi connectivity index (χ3n) is 3.18. The number of nitrogens with zero attached hydrogens (tertiary/aromatic N) is 1. The van der Waals surface area contributed by atoms with Gasteiger partial charge in [-0.25, -0.2) is 0 Å². The maximum Gasteiger partial charge on any atom is 0.257 e. The Morgan fingerprint density at radius 1 is 1.53 bits per heavy atom. The molecule has 0 aliphatic rings. The Kier molecular flexibility index (Phi) is 6.12. The fourth-order valence-electron chi connectivity index (χ4n) is 1.84. The molecule has 1 unspecified atom stereocenters. The second-order valence-electron chi connectivity index (χ2n) is 4.45. The number of rotatable bonds is 6. The van der Waals surface area contributed by atoms with Crippen LogP contribution in [-0.4, -0.2) is 37.1 Å². The van der Waals surface area contributed by atoms with Crippen molar-refractivity contribution in [1.29, 1.82) is 0 Å². The Hall–Kier alpha value is -1.26. The number of methoxy groups -OCH3 is 1. The quantitative estimate of drug-likeness (QED) is 0.817. The molecular formula is C14H21ClN2O2. The number of halogens is 1. The number of nitrogen functional groups attached to an aromatic ring is 1. The van der Waals surface area contributed by atoms with E-state index in [1.165, 1.54) is 0 Å². The molecule has 0 radical (unpaired) electrons. The van der Waals surface area contributed by atoms with Gasteiger partial charge in [-0.3, -0.25) is 4.79 Å². The lowest BCUT2D eigenvalue weighted by Gasteiger charge is -2.29. The average Bonchev–Trinajstić information content (AvgIpc) is 2.38. The number of hydrogen-bond acceptors (Lipinski definition) is 3. The summed E-state index contributed by atoms with van der Waals surface area (Å²) in [6, 6.07) is 5.20. The van der Waals surface area contributed by atoms with E-state index in [0.29, 0.717) is 29.4 Å². The molecule has 1 amide bonds. The summed E-state index contributed by atoms with van der Waals surface area (Å²) < 4.78 is 5.06.